The van der Waals surface area contributed by atoms with Crippen molar-refractivity contribution in [3.05, 3.63) is 59.7 Å². The van der Waals surface area contributed by atoms with Crippen LogP contribution in [0.2, 0.25) is 0 Å². The average molecular weight is 311 g/mol. The van der Waals surface area contributed by atoms with E-state index in [4.69, 9.17) is 9.94 Å². The summed E-state index contributed by atoms with van der Waals surface area (Å²) in [6, 6.07) is 15.4. The lowest BCUT2D eigenvalue weighted by molar-refractivity contribution is 0.303. The van der Waals surface area contributed by atoms with Crippen molar-refractivity contribution in [3.63, 3.8) is 0 Å². The first kappa shape index (κ1) is 15.4. The summed E-state index contributed by atoms with van der Waals surface area (Å²) in [5.41, 5.74) is 2.80. The number of rotatable bonds is 4. The van der Waals surface area contributed by atoms with Crippen molar-refractivity contribution in [2.24, 2.45) is 5.16 Å². The Morgan fingerprint density at radius 1 is 1.13 bits per heavy atom. The fourth-order valence-corrected chi connectivity index (χ4v) is 3.10. The molecule has 1 saturated carbocycles. The molecule has 0 saturated heterocycles. The van der Waals surface area contributed by atoms with E-state index in [1.807, 2.05) is 42.5 Å². The molecule has 0 spiro atoms. The molecule has 120 valence electrons. The Labute approximate surface area is 136 Å². The van der Waals surface area contributed by atoms with E-state index in [1.165, 1.54) is 0 Å². The molecule has 0 radical (unpaired) electrons. The lowest BCUT2D eigenvalue weighted by Crippen LogP contribution is -2.14. The van der Waals surface area contributed by atoms with Gasteiger partial charge in [0.05, 0.1) is 5.71 Å². The van der Waals surface area contributed by atoms with Gasteiger partial charge in [-0.05, 0) is 48.8 Å². The molecule has 2 aromatic carbocycles. The highest BCUT2D eigenvalue weighted by molar-refractivity contribution is 5.85. The Balaban J connectivity index is 1.68. The van der Waals surface area contributed by atoms with Crippen LogP contribution >= 0.6 is 0 Å². The van der Waals surface area contributed by atoms with Crippen LogP contribution in [-0.4, -0.2) is 16.0 Å². The lowest BCUT2D eigenvalue weighted by Gasteiger charge is -2.23. The van der Waals surface area contributed by atoms with Crippen molar-refractivity contribution >= 4 is 5.71 Å². The van der Waals surface area contributed by atoms with Crippen LogP contribution in [0.5, 0.6) is 11.5 Å². The summed E-state index contributed by atoms with van der Waals surface area (Å²) in [5, 5.41) is 22.6. The second-order valence-corrected chi connectivity index (χ2v) is 5.95. The van der Waals surface area contributed by atoms with Crippen molar-refractivity contribution in [3.8, 4) is 11.5 Å². The molecule has 0 heterocycles. The average Bonchev–Trinajstić information content (AvgIpc) is 2.61. The van der Waals surface area contributed by atoms with E-state index >= 15 is 0 Å². The smallest absolute Gasteiger partial charge is 0.123 e. The van der Waals surface area contributed by atoms with Gasteiger partial charge in [-0.2, -0.15) is 0 Å². The Morgan fingerprint density at radius 2 is 1.96 bits per heavy atom. The van der Waals surface area contributed by atoms with Gasteiger partial charge in [-0.15, -0.1) is 0 Å². The Kier molecular flexibility index (Phi) is 4.81. The van der Waals surface area contributed by atoms with Crippen molar-refractivity contribution < 1.29 is 15.1 Å². The molecule has 1 aliphatic carbocycles. The highest BCUT2D eigenvalue weighted by atomic mass is 16.5. The number of benzene rings is 2. The first-order valence-electron chi connectivity index (χ1n) is 7.95. The van der Waals surface area contributed by atoms with Gasteiger partial charge in [0.25, 0.3) is 0 Å². The summed E-state index contributed by atoms with van der Waals surface area (Å²) < 4.78 is 5.73. The summed E-state index contributed by atoms with van der Waals surface area (Å²) in [5.74, 6) is 1.11. The SMILES string of the molecule is ON=C1CCCC(c2ccc(OCc3ccccc3)cc2O)C1. The van der Waals surface area contributed by atoms with Crippen LogP contribution in [0.1, 0.15) is 42.7 Å². The van der Waals surface area contributed by atoms with Gasteiger partial charge >= 0.3 is 0 Å². The molecule has 0 bridgehead atoms. The van der Waals surface area contributed by atoms with Crippen molar-refractivity contribution in [2.45, 2.75) is 38.2 Å². The van der Waals surface area contributed by atoms with Crippen LogP contribution in [0.25, 0.3) is 0 Å². The molecule has 1 atom stereocenters. The zero-order valence-electron chi connectivity index (χ0n) is 13.0. The Morgan fingerprint density at radius 3 is 2.70 bits per heavy atom. The van der Waals surface area contributed by atoms with Crippen LogP contribution in [0, 0.1) is 0 Å². The molecule has 3 rings (SSSR count). The van der Waals surface area contributed by atoms with E-state index in [2.05, 4.69) is 5.16 Å². The van der Waals surface area contributed by atoms with Gasteiger partial charge in [0.15, 0.2) is 0 Å². The highest BCUT2D eigenvalue weighted by Gasteiger charge is 2.22. The summed E-state index contributed by atoms with van der Waals surface area (Å²) >= 11 is 0. The number of nitrogens with zero attached hydrogens (tertiary/aromatic N) is 1. The number of ether oxygens (including phenoxy) is 1. The largest absolute Gasteiger partial charge is 0.508 e. The molecule has 23 heavy (non-hydrogen) atoms. The first-order valence-corrected chi connectivity index (χ1v) is 7.95. The summed E-state index contributed by atoms with van der Waals surface area (Å²) in [7, 11) is 0. The minimum Gasteiger partial charge on any atom is -0.508 e. The van der Waals surface area contributed by atoms with Gasteiger partial charge in [0, 0.05) is 6.07 Å². The van der Waals surface area contributed by atoms with Crippen LogP contribution in [0.3, 0.4) is 0 Å². The van der Waals surface area contributed by atoms with Gasteiger partial charge in [-0.25, -0.2) is 0 Å². The topological polar surface area (TPSA) is 62.1 Å². The van der Waals surface area contributed by atoms with Gasteiger partial charge in [-0.3, -0.25) is 0 Å². The minimum atomic E-state index is 0.206. The van der Waals surface area contributed by atoms with E-state index in [0.29, 0.717) is 18.8 Å². The molecule has 4 nitrogen and oxygen atoms in total. The van der Waals surface area contributed by atoms with Crippen molar-refractivity contribution in [1.82, 2.24) is 0 Å². The van der Waals surface area contributed by atoms with Gasteiger partial charge in [0.2, 0.25) is 0 Å². The maximum absolute atomic E-state index is 10.3. The van der Waals surface area contributed by atoms with Crippen molar-refractivity contribution in [2.75, 3.05) is 0 Å². The molecule has 4 heteroatoms. The number of hydrogen-bond donors (Lipinski definition) is 2. The third-order valence-electron chi connectivity index (χ3n) is 4.33. The van der Waals surface area contributed by atoms with Crippen molar-refractivity contribution in [1.29, 1.82) is 0 Å². The highest BCUT2D eigenvalue weighted by Crippen LogP contribution is 2.37. The molecule has 0 aromatic heterocycles. The molecule has 2 N–H and O–H groups in total. The maximum atomic E-state index is 10.3. The second kappa shape index (κ2) is 7.18. The predicted molar refractivity (Wildman–Crippen MR) is 89.3 cm³/mol. The zero-order valence-corrected chi connectivity index (χ0v) is 13.0. The monoisotopic (exact) mass is 311 g/mol. The molecule has 1 fully saturated rings. The molecular weight excluding hydrogens is 290 g/mol. The number of phenols is 1. The zero-order chi connectivity index (χ0) is 16.1. The number of hydrogen-bond acceptors (Lipinski definition) is 4. The van der Waals surface area contributed by atoms with E-state index in [0.717, 1.165) is 36.1 Å². The van der Waals surface area contributed by atoms with E-state index in [-0.39, 0.29) is 11.7 Å². The number of phenolic OH excluding ortho intramolecular Hbond substituents is 1. The first-order chi connectivity index (χ1) is 11.3. The van der Waals surface area contributed by atoms with Crippen LogP contribution < -0.4 is 4.74 Å². The number of aromatic hydroxyl groups is 1. The third kappa shape index (κ3) is 3.83. The fraction of sp³-hybridized carbons (Fsp3) is 0.316. The predicted octanol–water partition coefficient (Wildman–Crippen LogP) is 4.46. The third-order valence-corrected chi connectivity index (χ3v) is 4.33. The standard InChI is InChI=1S/C19H21NO3/c21-19-12-17(23-13-14-5-2-1-3-6-14)9-10-18(19)15-7-4-8-16(11-15)20-22/h1-3,5-6,9-10,12,15,21-22H,4,7-8,11,13H2. The fourth-order valence-electron chi connectivity index (χ4n) is 3.10. The van der Waals surface area contributed by atoms with Gasteiger partial charge < -0.3 is 15.1 Å². The quantitative estimate of drug-likeness (QED) is 0.647. The number of oxime groups is 1. The normalized spacial score (nSPS) is 19.7. The van der Waals surface area contributed by atoms with Gasteiger partial charge in [0.1, 0.15) is 18.1 Å². The molecule has 0 aliphatic heterocycles. The Bertz CT molecular complexity index is 682. The summed E-state index contributed by atoms with van der Waals surface area (Å²) in [6.45, 7) is 0.477. The van der Waals surface area contributed by atoms with E-state index in [1.54, 1.807) is 6.07 Å². The second-order valence-electron chi connectivity index (χ2n) is 5.95. The molecule has 1 unspecified atom stereocenters. The maximum Gasteiger partial charge on any atom is 0.123 e. The molecule has 2 aromatic rings. The van der Waals surface area contributed by atoms with Crippen LogP contribution in [-0.2, 0) is 6.61 Å². The van der Waals surface area contributed by atoms with E-state index in [9.17, 15) is 5.11 Å². The summed E-state index contributed by atoms with van der Waals surface area (Å²) in [4.78, 5) is 0. The summed E-state index contributed by atoms with van der Waals surface area (Å²) in [6.07, 6.45) is 3.52. The van der Waals surface area contributed by atoms with E-state index < -0.39 is 0 Å². The van der Waals surface area contributed by atoms with Gasteiger partial charge in [-0.1, -0.05) is 41.6 Å². The lowest BCUT2D eigenvalue weighted by atomic mass is 9.82. The molecule has 0 amide bonds. The van der Waals surface area contributed by atoms with Crippen LogP contribution in [0.4, 0.5) is 0 Å². The molecular formula is C19H21NO3. The minimum absolute atomic E-state index is 0.206. The van der Waals surface area contributed by atoms with Crippen LogP contribution in [0.15, 0.2) is 53.7 Å². The Hall–Kier alpha value is -2.49. The molecule has 1 aliphatic rings.